The van der Waals surface area contributed by atoms with Crippen LogP contribution in [0, 0.1) is 5.41 Å². The van der Waals surface area contributed by atoms with Gasteiger partial charge < -0.3 is 14.0 Å². The van der Waals surface area contributed by atoms with Crippen molar-refractivity contribution in [3.63, 3.8) is 0 Å². The topological polar surface area (TPSA) is 70.4 Å². The Morgan fingerprint density at radius 3 is 2.57 bits per heavy atom. The lowest BCUT2D eigenvalue weighted by Crippen LogP contribution is -2.33. The summed E-state index contributed by atoms with van der Waals surface area (Å²) in [4.78, 5) is 30.7. The van der Waals surface area contributed by atoms with Crippen molar-refractivity contribution >= 4 is 17.3 Å². The van der Waals surface area contributed by atoms with Gasteiger partial charge in [0, 0.05) is 54.4 Å². The Kier molecular flexibility index (Phi) is 6.25. The average molecular weight is 529 g/mol. The lowest BCUT2D eigenvalue weighted by Gasteiger charge is -2.39. The Hall–Kier alpha value is -3.07. The molecule has 196 valence electrons. The maximum absolute atomic E-state index is 13.4. The highest BCUT2D eigenvalue weighted by Gasteiger charge is 2.47. The Morgan fingerprint density at radius 1 is 1.22 bits per heavy atom. The lowest BCUT2D eigenvalue weighted by atomic mass is 9.78. The van der Waals surface area contributed by atoms with E-state index in [0.29, 0.717) is 17.9 Å². The van der Waals surface area contributed by atoms with E-state index in [1.807, 2.05) is 10.6 Å². The molecule has 9 heteroatoms. The van der Waals surface area contributed by atoms with Gasteiger partial charge in [0.1, 0.15) is 11.3 Å². The van der Waals surface area contributed by atoms with Crippen molar-refractivity contribution in [1.29, 1.82) is 0 Å². The summed E-state index contributed by atoms with van der Waals surface area (Å²) in [5.74, 6) is -2.83. The van der Waals surface area contributed by atoms with Crippen LogP contribution in [0.5, 0.6) is 5.75 Å². The number of hydrogen-bond acceptors (Lipinski definition) is 6. The molecule has 1 saturated carbocycles. The number of esters is 1. The Bertz CT molecular complexity index is 1430. The molecule has 2 aliphatic rings. The summed E-state index contributed by atoms with van der Waals surface area (Å²) < 4.78 is 39.7. The predicted octanol–water partition coefficient (Wildman–Crippen LogP) is 6.48. The predicted molar refractivity (Wildman–Crippen MR) is 139 cm³/mol. The molecule has 0 N–H and O–H groups in total. The molecule has 6 nitrogen and oxygen atoms in total. The highest BCUT2D eigenvalue weighted by Crippen LogP contribution is 2.51. The van der Waals surface area contributed by atoms with Gasteiger partial charge in [0.2, 0.25) is 5.92 Å². The highest BCUT2D eigenvalue weighted by molar-refractivity contribution is 7.15. The maximum Gasteiger partial charge on any atom is 0.343 e. The quantitative estimate of drug-likeness (QED) is 0.355. The van der Waals surface area contributed by atoms with Crippen LogP contribution in [0.3, 0.4) is 0 Å². The minimum atomic E-state index is -2.60. The number of benzene rings is 1. The molecule has 5 rings (SSSR count). The van der Waals surface area contributed by atoms with E-state index < -0.39 is 17.3 Å². The summed E-state index contributed by atoms with van der Waals surface area (Å²) >= 11 is 1.42. The van der Waals surface area contributed by atoms with Crippen molar-refractivity contribution in [3.8, 4) is 27.4 Å². The second-order valence-electron chi connectivity index (χ2n) is 10.9. The number of fused-ring (bicyclic) bond motifs is 3. The SMILES string of the molecule is CCOC(=O)c1cn2c(cc1=O)-c1cc(OC)c(-c3cnc(C4CC(F)(F)C4)s3)cc1CC2C(C)(C)C. The van der Waals surface area contributed by atoms with E-state index in [9.17, 15) is 18.4 Å². The van der Waals surface area contributed by atoms with Gasteiger partial charge in [0.25, 0.3) is 0 Å². The highest BCUT2D eigenvalue weighted by atomic mass is 32.1. The largest absolute Gasteiger partial charge is 0.496 e. The minimum Gasteiger partial charge on any atom is -0.496 e. The Labute approximate surface area is 218 Å². The van der Waals surface area contributed by atoms with Gasteiger partial charge in [-0.1, -0.05) is 20.8 Å². The molecule has 37 heavy (non-hydrogen) atoms. The van der Waals surface area contributed by atoms with Gasteiger partial charge in [0.05, 0.1) is 29.3 Å². The third-order valence-electron chi connectivity index (χ3n) is 7.25. The summed E-state index contributed by atoms with van der Waals surface area (Å²) in [6, 6.07) is 5.45. The van der Waals surface area contributed by atoms with Crippen LogP contribution < -0.4 is 10.2 Å². The van der Waals surface area contributed by atoms with E-state index in [1.165, 1.54) is 17.4 Å². The van der Waals surface area contributed by atoms with Gasteiger partial charge in [-0.15, -0.1) is 11.3 Å². The van der Waals surface area contributed by atoms with Crippen molar-refractivity contribution in [3.05, 3.63) is 57.0 Å². The van der Waals surface area contributed by atoms with Gasteiger partial charge in [-0.25, -0.2) is 18.6 Å². The first-order valence-electron chi connectivity index (χ1n) is 12.4. The fourth-order valence-electron chi connectivity index (χ4n) is 5.25. The van der Waals surface area contributed by atoms with Crippen LogP contribution in [0.15, 0.2) is 35.4 Å². The van der Waals surface area contributed by atoms with Crippen LogP contribution in [0.25, 0.3) is 21.7 Å². The zero-order valence-corrected chi connectivity index (χ0v) is 22.4. The maximum atomic E-state index is 13.4. The number of methoxy groups -OCH3 is 1. The van der Waals surface area contributed by atoms with Crippen LogP contribution in [0.2, 0.25) is 0 Å². The van der Waals surface area contributed by atoms with Crippen molar-refractivity contribution in [2.75, 3.05) is 13.7 Å². The van der Waals surface area contributed by atoms with Crippen molar-refractivity contribution < 1.29 is 23.0 Å². The number of aromatic nitrogens is 2. The number of ether oxygens (including phenoxy) is 2. The number of thiazole rings is 1. The molecule has 0 radical (unpaired) electrons. The zero-order chi connectivity index (χ0) is 26.7. The summed E-state index contributed by atoms with van der Waals surface area (Å²) in [6.07, 6.45) is 3.71. The molecule has 1 aromatic carbocycles. The van der Waals surface area contributed by atoms with Gasteiger partial charge in [-0.05, 0) is 36.5 Å². The third-order valence-corrected chi connectivity index (χ3v) is 8.45. The molecule has 0 bridgehead atoms. The summed E-state index contributed by atoms with van der Waals surface area (Å²) in [5.41, 5.74) is 2.92. The molecule has 1 fully saturated rings. The minimum absolute atomic E-state index is 0.0191. The van der Waals surface area contributed by atoms with Gasteiger partial charge >= 0.3 is 5.97 Å². The Morgan fingerprint density at radius 2 is 1.95 bits per heavy atom. The van der Waals surface area contributed by atoms with Gasteiger partial charge in [-0.2, -0.15) is 0 Å². The average Bonchev–Trinajstić information content (AvgIpc) is 3.30. The van der Waals surface area contributed by atoms with E-state index >= 15 is 0 Å². The van der Waals surface area contributed by atoms with Crippen molar-refractivity contribution in [1.82, 2.24) is 9.55 Å². The standard InChI is InChI=1S/C28H30F2N2O4S/c1-6-36-26(34)19-14-32-20(10-21(19)33)17-9-22(35-5)18(7-15(17)8-24(32)27(2,3)4)23-13-31-25(37-23)16-11-28(29,30)12-16/h7,9-10,13-14,16,24H,6,8,11-12H2,1-5H3. The molecule has 1 aliphatic carbocycles. The molecular formula is C28H30F2N2O4S. The lowest BCUT2D eigenvalue weighted by molar-refractivity contribution is -0.0867. The number of hydrogen-bond donors (Lipinski definition) is 0. The van der Waals surface area contributed by atoms with E-state index in [-0.39, 0.29) is 42.4 Å². The molecular weight excluding hydrogens is 498 g/mol. The normalized spacial score (nSPS) is 18.5. The smallest absolute Gasteiger partial charge is 0.343 e. The Balaban J connectivity index is 1.62. The van der Waals surface area contributed by atoms with Crippen LogP contribution >= 0.6 is 11.3 Å². The summed E-state index contributed by atoms with van der Waals surface area (Å²) in [5, 5.41) is 0.719. The summed E-state index contributed by atoms with van der Waals surface area (Å²) in [6.45, 7) is 8.28. The van der Waals surface area contributed by atoms with E-state index in [1.54, 1.807) is 26.4 Å². The molecule has 0 spiro atoms. The molecule has 0 amide bonds. The molecule has 3 heterocycles. The molecule has 2 aromatic heterocycles. The monoisotopic (exact) mass is 528 g/mol. The summed E-state index contributed by atoms with van der Waals surface area (Å²) in [7, 11) is 1.58. The van der Waals surface area contributed by atoms with Gasteiger partial charge in [-0.3, -0.25) is 4.79 Å². The number of carbonyl (C=O) groups excluding carboxylic acids is 1. The second-order valence-corrected chi connectivity index (χ2v) is 11.9. The number of alkyl halides is 2. The first-order valence-corrected chi connectivity index (χ1v) is 13.2. The molecule has 0 saturated heterocycles. The fraction of sp³-hybridized carbons (Fsp3) is 0.464. The third kappa shape index (κ3) is 4.58. The molecule has 1 unspecified atom stereocenters. The number of rotatable bonds is 5. The van der Waals surface area contributed by atoms with Crippen molar-refractivity contribution in [2.45, 2.75) is 64.8 Å². The zero-order valence-electron chi connectivity index (χ0n) is 21.6. The van der Waals surface area contributed by atoms with Crippen LogP contribution in [-0.4, -0.2) is 35.2 Å². The van der Waals surface area contributed by atoms with E-state index in [0.717, 1.165) is 26.6 Å². The number of pyridine rings is 1. The fourth-order valence-corrected chi connectivity index (χ4v) is 6.28. The van der Waals surface area contributed by atoms with Gasteiger partial charge in [0.15, 0.2) is 5.43 Å². The number of nitrogens with zero attached hydrogens (tertiary/aromatic N) is 2. The van der Waals surface area contributed by atoms with Crippen LogP contribution in [0.1, 0.15) is 73.4 Å². The molecule has 1 aliphatic heterocycles. The first-order chi connectivity index (χ1) is 17.4. The first kappa shape index (κ1) is 25.6. The number of carbonyl (C=O) groups is 1. The van der Waals surface area contributed by atoms with Crippen LogP contribution in [0.4, 0.5) is 8.78 Å². The van der Waals surface area contributed by atoms with Crippen LogP contribution in [-0.2, 0) is 11.2 Å². The second kappa shape index (κ2) is 9.04. The molecule has 1 atom stereocenters. The van der Waals surface area contributed by atoms with E-state index in [4.69, 9.17) is 9.47 Å². The van der Waals surface area contributed by atoms with Crippen molar-refractivity contribution in [2.24, 2.45) is 5.41 Å². The molecule has 3 aromatic rings. The van der Waals surface area contributed by atoms with E-state index in [2.05, 4.69) is 31.8 Å². The number of halogens is 2.